The topological polar surface area (TPSA) is 67.8 Å². The van der Waals surface area contributed by atoms with E-state index in [0.717, 1.165) is 11.1 Å². The van der Waals surface area contributed by atoms with E-state index in [1.54, 1.807) is 18.2 Å². The van der Waals surface area contributed by atoms with Crippen LogP contribution < -0.4 is 11.1 Å². The number of para-hydroxylation sites is 1. The number of pyridine rings is 1. The number of aromatic amines is 1. The van der Waals surface area contributed by atoms with Crippen molar-refractivity contribution in [3.05, 3.63) is 91.2 Å². The zero-order valence-electron chi connectivity index (χ0n) is 18.2. The van der Waals surface area contributed by atoms with Gasteiger partial charge < -0.3 is 4.98 Å². The summed E-state index contributed by atoms with van der Waals surface area (Å²) in [4.78, 5) is 33.0. The molecular weight excluding hydrogens is 429 g/mol. The van der Waals surface area contributed by atoms with Crippen LogP contribution in [0.1, 0.15) is 50.7 Å². The van der Waals surface area contributed by atoms with Gasteiger partial charge in [0.15, 0.2) is 5.65 Å². The second-order valence-corrected chi connectivity index (χ2v) is 8.77. The summed E-state index contributed by atoms with van der Waals surface area (Å²) < 4.78 is 15.9. The normalized spacial score (nSPS) is 11.6. The summed E-state index contributed by atoms with van der Waals surface area (Å²) in [6.07, 6.45) is 0. The van der Waals surface area contributed by atoms with Crippen molar-refractivity contribution in [3.63, 3.8) is 0 Å². The largest absolute Gasteiger partial charge is 0.322 e. The molecule has 0 amide bonds. The van der Waals surface area contributed by atoms with Crippen molar-refractivity contribution in [3.8, 4) is 16.9 Å². The summed E-state index contributed by atoms with van der Waals surface area (Å²) in [6.45, 7) is 8.10. The number of H-pyrrole nitrogens is 1. The Morgan fingerprint density at radius 3 is 2.19 bits per heavy atom. The van der Waals surface area contributed by atoms with Crippen molar-refractivity contribution in [1.29, 1.82) is 0 Å². The lowest BCUT2D eigenvalue weighted by Gasteiger charge is -2.22. The summed E-state index contributed by atoms with van der Waals surface area (Å²) in [6, 6.07) is 13.5. The lowest BCUT2D eigenvalue weighted by atomic mass is 9.92. The average molecular weight is 452 g/mol. The maximum Gasteiger partial charge on any atom is 0.322 e. The molecule has 0 radical (unpaired) electrons. The lowest BCUT2D eigenvalue weighted by Crippen LogP contribution is -2.37. The fourth-order valence-corrected chi connectivity index (χ4v) is 4.19. The number of nitrogens with one attached hydrogen (secondary N) is 1. The van der Waals surface area contributed by atoms with Gasteiger partial charge in [0.05, 0.1) is 21.9 Å². The number of hydrogen-bond donors (Lipinski definition) is 1. The smallest absolute Gasteiger partial charge is 0.314 e. The first kappa shape index (κ1) is 22.0. The van der Waals surface area contributed by atoms with Crippen LogP contribution in [-0.4, -0.2) is 14.5 Å². The van der Waals surface area contributed by atoms with Crippen LogP contribution in [0.2, 0.25) is 5.02 Å². The van der Waals surface area contributed by atoms with Crippen LogP contribution in [0.25, 0.3) is 28.1 Å². The van der Waals surface area contributed by atoms with E-state index in [9.17, 15) is 14.0 Å². The highest BCUT2D eigenvalue weighted by Crippen LogP contribution is 2.34. The molecule has 0 bridgehead atoms. The predicted molar refractivity (Wildman–Crippen MR) is 127 cm³/mol. The molecular formula is C25H23ClFN3O2. The molecule has 164 valence electrons. The van der Waals surface area contributed by atoms with Gasteiger partial charge in [-0.25, -0.2) is 9.37 Å². The summed E-state index contributed by atoms with van der Waals surface area (Å²) in [7, 11) is 0. The van der Waals surface area contributed by atoms with Crippen molar-refractivity contribution in [2.45, 2.75) is 39.5 Å². The number of aromatic nitrogens is 3. The first-order chi connectivity index (χ1) is 15.2. The first-order valence-corrected chi connectivity index (χ1v) is 10.8. The van der Waals surface area contributed by atoms with Crippen LogP contribution in [0.15, 0.2) is 58.1 Å². The Morgan fingerprint density at radius 2 is 1.59 bits per heavy atom. The van der Waals surface area contributed by atoms with Gasteiger partial charge in [0.1, 0.15) is 5.82 Å². The van der Waals surface area contributed by atoms with Gasteiger partial charge in [-0.15, -0.1) is 0 Å². The molecule has 0 atom stereocenters. The number of rotatable bonds is 4. The van der Waals surface area contributed by atoms with Gasteiger partial charge in [-0.2, -0.15) is 0 Å². The zero-order valence-corrected chi connectivity index (χ0v) is 19.0. The fraction of sp³-hybridized carbons (Fsp3) is 0.240. The summed E-state index contributed by atoms with van der Waals surface area (Å²) >= 11 is 6.43. The van der Waals surface area contributed by atoms with E-state index in [4.69, 9.17) is 11.6 Å². The minimum Gasteiger partial charge on any atom is -0.314 e. The Morgan fingerprint density at radius 1 is 0.969 bits per heavy atom. The van der Waals surface area contributed by atoms with E-state index in [1.165, 1.54) is 16.7 Å². The predicted octanol–water partition coefficient (Wildman–Crippen LogP) is 5.78. The third-order valence-corrected chi connectivity index (χ3v) is 5.80. The molecule has 4 aromatic rings. The number of fused-ring (bicyclic) bond motifs is 1. The maximum atomic E-state index is 14.5. The summed E-state index contributed by atoms with van der Waals surface area (Å²) in [5.74, 6) is -0.309. The molecule has 32 heavy (non-hydrogen) atoms. The van der Waals surface area contributed by atoms with E-state index in [2.05, 4.69) is 9.97 Å². The Hall–Kier alpha value is -3.25. The van der Waals surface area contributed by atoms with Crippen molar-refractivity contribution in [2.24, 2.45) is 0 Å². The third kappa shape index (κ3) is 3.65. The van der Waals surface area contributed by atoms with E-state index >= 15 is 0 Å². The molecule has 0 unspecified atom stereocenters. The molecule has 5 nitrogen and oxygen atoms in total. The van der Waals surface area contributed by atoms with Crippen LogP contribution in [-0.2, 0) is 0 Å². The summed E-state index contributed by atoms with van der Waals surface area (Å²) in [5.41, 5.74) is 1.86. The highest BCUT2D eigenvalue weighted by molar-refractivity contribution is 6.33. The molecule has 1 N–H and O–H groups in total. The molecule has 0 aliphatic carbocycles. The summed E-state index contributed by atoms with van der Waals surface area (Å²) in [5, 5.41) is 0.171. The molecule has 0 aliphatic rings. The minimum atomic E-state index is -0.776. The number of halogens is 2. The monoisotopic (exact) mass is 451 g/mol. The Labute approximate surface area is 189 Å². The average Bonchev–Trinajstić information content (AvgIpc) is 2.74. The second-order valence-electron chi connectivity index (χ2n) is 8.36. The Balaban J connectivity index is 2.20. The van der Waals surface area contributed by atoms with Gasteiger partial charge in [0.2, 0.25) is 0 Å². The van der Waals surface area contributed by atoms with Crippen LogP contribution in [0, 0.1) is 5.82 Å². The zero-order chi connectivity index (χ0) is 23.2. The molecule has 0 saturated carbocycles. The molecule has 2 heterocycles. The van der Waals surface area contributed by atoms with E-state index in [1.807, 2.05) is 45.9 Å². The highest BCUT2D eigenvalue weighted by atomic mass is 35.5. The van der Waals surface area contributed by atoms with Crippen LogP contribution in [0.5, 0.6) is 0 Å². The van der Waals surface area contributed by atoms with Crippen molar-refractivity contribution in [1.82, 2.24) is 14.5 Å². The van der Waals surface area contributed by atoms with Crippen LogP contribution >= 0.6 is 11.6 Å². The van der Waals surface area contributed by atoms with Gasteiger partial charge in [-0.1, -0.05) is 69.6 Å². The van der Waals surface area contributed by atoms with Gasteiger partial charge in [0.25, 0.3) is 0 Å². The molecule has 0 saturated heterocycles. The van der Waals surface area contributed by atoms with Gasteiger partial charge in [-0.05, 0) is 41.2 Å². The highest BCUT2D eigenvalue weighted by Gasteiger charge is 2.22. The standard InChI is InChI=1S/C25H23ClFN3O2/c1-13(2)15-9-7-10-16(14(3)4)22(15)30-23-20(28-24(31)25(30)32)12-18(26)21(29-23)17-8-5-6-11-19(17)27/h5-14H,1-4H3,(H,28,31). The van der Waals surface area contributed by atoms with Crippen molar-refractivity contribution < 1.29 is 4.39 Å². The quantitative estimate of drug-likeness (QED) is 0.400. The van der Waals surface area contributed by atoms with Crippen molar-refractivity contribution in [2.75, 3.05) is 0 Å². The Bertz CT molecular complexity index is 1430. The molecule has 0 fully saturated rings. The first-order valence-electron chi connectivity index (χ1n) is 10.4. The molecule has 0 spiro atoms. The Kier molecular flexibility index (Phi) is 5.73. The van der Waals surface area contributed by atoms with E-state index < -0.39 is 16.9 Å². The SMILES string of the molecule is CC(C)c1cccc(C(C)C)c1-n1c(=O)c(=O)[nH]c2cc(Cl)c(-c3ccccc3F)nc21. The lowest BCUT2D eigenvalue weighted by molar-refractivity contribution is 0.631. The number of benzene rings is 2. The van der Waals surface area contributed by atoms with E-state index in [0.29, 0.717) is 11.2 Å². The van der Waals surface area contributed by atoms with Crippen LogP contribution in [0.4, 0.5) is 4.39 Å². The molecule has 7 heteroatoms. The molecule has 4 rings (SSSR count). The molecule has 2 aromatic carbocycles. The molecule has 0 aliphatic heterocycles. The number of nitrogens with zero attached hydrogens (tertiary/aromatic N) is 2. The fourth-order valence-electron chi connectivity index (χ4n) is 3.93. The van der Waals surface area contributed by atoms with E-state index in [-0.39, 0.29) is 33.8 Å². The second kappa shape index (κ2) is 8.36. The molecule has 2 aromatic heterocycles. The van der Waals surface area contributed by atoms with Crippen molar-refractivity contribution >= 4 is 22.8 Å². The maximum absolute atomic E-state index is 14.5. The van der Waals surface area contributed by atoms with Gasteiger partial charge >= 0.3 is 11.1 Å². The number of hydrogen-bond acceptors (Lipinski definition) is 3. The van der Waals surface area contributed by atoms with Crippen LogP contribution in [0.3, 0.4) is 0 Å². The van der Waals surface area contributed by atoms with Gasteiger partial charge in [0, 0.05) is 5.56 Å². The third-order valence-electron chi connectivity index (χ3n) is 5.51. The van der Waals surface area contributed by atoms with Gasteiger partial charge in [-0.3, -0.25) is 14.2 Å². The minimum absolute atomic E-state index is 0.0864.